The fourth-order valence-corrected chi connectivity index (χ4v) is 2.04. The number of ether oxygens (including phenoxy) is 1. The van der Waals surface area contributed by atoms with Gasteiger partial charge in [0, 0.05) is 25.4 Å². The minimum absolute atomic E-state index is 0.164. The largest absolute Gasteiger partial charge is 0.398 e. The van der Waals surface area contributed by atoms with Gasteiger partial charge in [0.25, 0.3) is 5.91 Å². The van der Waals surface area contributed by atoms with Crippen LogP contribution >= 0.6 is 0 Å². The van der Waals surface area contributed by atoms with E-state index < -0.39 is 5.82 Å². The van der Waals surface area contributed by atoms with Crippen molar-refractivity contribution in [1.29, 1.82) is 0 Å². The average Bonchev–Trinajstić information content (AvgIpc) is 2.81. The lowest BCUT2D eigenvalue weighted by Gasteiger charge is -2.10. The van der Waals surface area contributed by atoms with E-state index in [4.69, 9.17) is 10.5 Å². The fraction of sp³-hybridized carbons (Fsp3) is 0.462. The number of amides is 1. The quantitative estimate of drug-likeness (QED) is 0.799. The normalized spacial score (nSPS) is 18.8. The molecule has 4 nitrogen and oxygen atoms in total. The molecule has 0 aromatic heterocycles. The van der Waals surface area contributed by atoms with Crippen molar-refractivity contribution in [2.24, 2.45) is 5.92 Å². The summed E-state index contributed by atoms with van der Waals surface area (Å²) in [7, 11) is 0. The number of rotatable bonds is 4. The molecular weight excluding hydrogens is 235 g/mol. The first-order valence-electron chi connectivity index (χ1n) is 6.08. The summed E-state index contributed by atoms with van der Waals surface area (Å²) in [4.78, 5) is 11.8. The number of carbonyl (C=O) groups is 1. The molecule has 1 aromatic carbocycles. The molecule has 0 aliphatic carbocycles. The highest BCUT2D eigenvalue weighted by molar-refractivity contribution is 5.99. The van der Waals surface area contributed by atoms with Gasteiger partial charge < -0.3 is 15.8 Å². The van der Waals surface area contributed by atoms with Crippen LogP contribution in [0.2, 0.25) is 0 Å². The van der Waals surface area contributed by atoms with Gasteiger partial charge in [0.2, 0.25) is 0 Å². The Morgan fingerprint density at radius 2 is 2.39 bits per heavy atom. The third-order valence-corrected chi connectivity index (χ3v) is 3.12. The summed E-state index contributed by atoms with van der Waals surface area (Å²) in [5.41, 5.74) is 6.08. The maximum absolute atomic E-state index is 12.8. The van der Waals surface area contributed by atoms with Gasteiger partial charge in [0.05, 0.1) is 5.56 Å². The molecule has 1 aliphatic rings. The third-order valence-electron chi connectivity index (χ3n) is 3.12. The molecule has 0 bridgehead atoms. The second-order valence-corrected chi connectivity index (χ2v) is 4.51. The molecule has 2 rings (SSSR count). The molecule has 3 N–H and O–H groups in total. The highest BCUT2D eigenvalue weighted by Gasteiger charge is 2.16. The van der Waals surface area contributed by atoms with Gasteiger partial charge in [0.15, 0.2) is 0 Å². The van der Waals surface area contributed by atoms with Gasteiger partial charge in [-0.1, -0.05) is 0 Å². The van der Waals surface area contributed by atoms with E-state index in [1.165, 1.54) is 12.1 Å². The van der Waals surface area contributed by atoms with Gasteiger partial charge in [-0.2, -0.15) is 0 Å². The smallest absolute Gasteiger partial charge is 0.253 e. The average molecular weight is 252 g/mol. The first-order chi connectivity index (χ1) is 8.66. The molecule has 0 spiro atoms. The SMILES string of the molecule is Nc1cc(F)ccc1C(=O)NCCC1CCOC1. The Morgan fingerprint density at radius 1 is 1.56 bits per heavy atom. The number of nitrogen functional groups attached to an aromatic ring is 1. The second kappa shape index (κ2) is 5.82. The Hall–Kier alpha value is -1.62. The lowest BCUT2D eigenvalue weighted by Crippen LogP contribution is -2.26. The molecule has 18 heavy (non-hydrogen) atoms. The van der Waals surface area contributed by atoms with Crippen LogP contribution in [0.5, 0.6) is 0 Å². The number of anilines is 1. The fourth-order valence-electron chi connectivity index (χ4n) is 2.04. The van der Waals surface area contributed by atoms with Crippen molar-refractivity contribution in [3.05, 3.63) is 29.6 Å². The molecule has 0 saturated carbocycles. The molecule has 0 radical (unpaired) electrons. The van der Waals surface area contributed by atoms with Crippen LogP contribution in [-0.2, 0) is 4.74 Å². The standard InChI is InChI=1S/C13H17FN2O2/c14-10-1-2-11(12(15)7-10)13(17)16-5-3-9-4-6-18-8-9/h1-2,7,9H,3-6,8,15H2,(H,16,17). The van der Waals surface area contributed by atoms with Crippen molar-refractivity contribution in [1.82, 2.24) is 5.32 Å². The number of nitrogens with one attached hydrogen (secondary N) is 1. The molecule has 1 amide bonds. The van der Waals surface area contributed by atoms with Crippen LogP contribution in [0, 0.1) is 11.7 Å². The number of nitrogens with two attached hydrogens (primary N) is 1. The van der Waals surface area contributed by atoms with Crippen molar-refractivity contribution >= 4 is 11.6 Å². The molecular formula is C13H17FN2O2. The van der Waals surface area contributed by atoms with Crippen LogP contribution < -0.4 is 11.1 Å². The van der Waals surface area contributed by atoms with Crippen molar-refractivity contribution in [3.63, 3.8) is 0 Å². The maximum Gasteiger partial charge on any atom is 0.253 e. The van der Waals surface area contributed by atoms with Gasteiger partial charge in [-0.05, 0) is 37.0 Å². The molecule has 1 unspecified atom stereocenters. The Morgan fingerprint density at radius 3 is 3.06 bits per heavy atom. The Balaban J connectivity index is 1.83. The summed E-state index contributed by atoms with van der Waals surface area (Å²) in [5, 5.41) is 2.79. The van der Waals surface area contributed by atoms with Gasteiger partial charge in [-0.15, -0.1) is 0 Å². The lowest BCUT2D eigenvalue weighted by molar-refractivity contribution is 0.0951. The summed E-state index contributed by atoms with van der Waals surface area (Å²) in [6.45, 7) is 2.17. The van der Waals surface area contributed by atoms with E-state index in [0.29, 0.717) is 18.0 Å². The summed E-state index contributed by atoms with van der Waals surface area (Å²) in [6.07, 6.45) is 1.95. The highest BCUT2D eigenvalue weighted by atomic mass is 19.1. The monoisotopic (exact) mass is 252 g/mol. The predicted molar refractivity (Wildman–Crippen MR) is 66.7 cm³/mol. The second-order valence-electron chi connectivity index (χ2n) is 4.51. The molecule has 1 atom stereocenters. The highest BCUT2D eigenvalue weighted by Crippen LogP contribution is 2.16. The Labute approximate surface area is 105 Å². The minimum atomic E-state index is -0.438. The van der Waals surface area contributed by atoms with Crippen LogP contribution in [0.25, 0.3) is 0 Å². The topological polar surface area (TPSA) is 64.4 Å². The van der Waals surface area contributed by atoms with Gasteiger partial charge in [0.1, 0.15) is 5.82 Å². The molecule has 98 valence electrons. The Bertz CT molecular complexity index is 431. The molecule has 1 aromatic rings. The first kappa shape index (κ1) is 12.8. The van der Waals surface area contributed by atoms with Crippen LogP contribution in [0.3, 0.4) is 0 Å². The number of hydrogen-bond donors (Lipinski definition) is 2. The van der Waals surface area contributed by atoms with Gasteiger partial charge in [-0.25, -0.2) is 4.39 Å². The number of hydrogen-bond acceptors (Lipinski definition) is 3. The lowest BCUT2D eigenvalue weighted by atomic mass is 10.1. The zero-order valence-corrected chi connectivity index (χ0v) is 10.1. The van der Waals surface area contributed by atoms with Gasteiger partial charge >= 0.3 is 0 Å². The van der Waals surface area contributed by atoms with E-state index in [-0.39, 0.29) is 11.6 Å². The summed E-state index contributed by atoms with van der Waals surface area (Å²) >= 11 is 0. The molecule has 1 heterocycles. The van der Waals surface area contributed by atoms with E-state index >= 15 is 0 Å². The summed E-state index contributed by atoms with van der Waals surface area (Å²) in [5.74, 6) is -0.172. The van der Waals surface area contributed by atoms with E-state index in [0.717, 1.165) is 32.1 Å². The van der Waals surface area contributed by atoms with Crippen LogP contribution in [0.1, 0.15) is 23.2 Å². The summed E-state index contributed by atoms with van der Waals surface area (Å²) < 4.78 is 18.1. The zero-order chi connectivity index (χ0) is 13.0. The zero-order valence-electron chi connectivity index (χ0n) is 10.1. The van der Waals surface area contributed by atoms with E-state index in [9.17, 15) is 9.18 Å². The van der Waals surface area contributed by atoms with E-state index in [1.54, 1.807) is 0 Å². The third kappa shape index (κ3) is 3.20. The molecule has 1 saturated heterocycles. The van der Waals surface area contributed by atoms with Crippen molar-refractivity contribution in [3.8, 4) is 0 Å². The van der Waals surface area contributed by atoms with Crippen LogP contribution in [-0.4, -0.2) is 25.7 Å². The maximum atomic E-state index is 12.8. The predicted octanol–water partition coefficient (Wildman–Crippen LogP) is 1.56. The number of benzene rings is 1. The number of carbonyl (C=O) groups excluding carboxylic acids is 1. The van der Waals surface area contributed by atoms with E-state index in [2.05, 4.69) is 5.32 Å². The van der Waals surface area contributed by atoms with Crippen molar-refractivity contribution in [2.45, 2.75) is 12.8 Å². The Kier molecular flexibility index (Phi) is 4.15. The van der Waals surface area contributed by atoms with Crippen molar-refractivity contribution in [2.75, 3.05) is 25.5 Å². The van der Waals surface area contributed by atoms with Crippen LogP contribution in [0.4, 0.5) is 10.1 Å². The van der Waals surface area contributed by atoms with Crippen molar-refractivity contribution < 1.29 is 13.9 Å². The molecule has 5 heteroatoms. The summed E-state index contributed by atoms with van der Waals surface area (Å²) in [6, 6.07) is 3.79. The van der Waals surface area contributed by atoms with Crippen LogP contribution in [0.15, 0.2) is 18.2 Å². The van der Waals surface area contributed by atoms with E-state index in [1.807, 2.05) is 0 Å². The number of halogens is 1. The molecule has 1 aliphatic heterocycles. The first-order valence-corrected chi connectivity index (χ1v) is 6.08. The van der Waals surface area contributed by atoms with Gasteiger partial charge in [-0.3, -0.25) is 4.79 Å². The molecule has 1 fully saturated rings. The minimum Gasteiger partial charge on any atom is -0.398 e.